The van der Waals surface area contributed by atoms with Crippen LogP contribution in [-0.2, 0) is 4.74 Å². The van der Waals surface area contributed by atoms with Gasteiger partial charge in [0.25, 0.3) is 0 Å². The highest BCUT2D eigenvalue weighted by Gasteiger charge is 2.20. The molecular formula is C18H20ClN3O4. The highest BCUT2D eigenvalue weighted by atomic mass is 35.5. The minimum Gasteiger partial charge on any atom is -0.478 e. The van der Waals surface area contributed by atoms with Gasteiger partial charge in [-0.25, -0.2) is 9.59 Å². The maximum Gasteiger partial charge on any atom is 0.340 e. The van der Waals surface area contributed by atoms with Gasteiger partial charge in [0.15, 0.2) is 0 Å². The first-order valence-electron chi connectivity index (χ1n) is 7.96. The number of esters is 1. The Hall–Kier alpha value is -2.80. The van der Waals surface area contributed by atoms with Crippen molar-refractivity contribution in [2.75, 3.05) is 12.0 Å². The average Bonchev–Trinajstić information content (AvgIpc) is 2.88. The summed E-state index contributed by atoms with van der Waals surface area (Å²) in [4.78, 5) is 26.3. The van der Waals surface area contributed by atoms with E-state index < -0.39 is 5.97 Å². The van der Waals surface area contributed by atoms with Crippen LogP contribution in [0.1, 0.15) is 51.5 Å². The van der Waals surface area contributed by atoms with Gasteiger partial charge < -0.3 is 14.8 Å². The zero-order valence-corrected chi connectivity index (χ0v) is 15.7. The van der Waals surface area contributed by atoms with Crippen LogP contribution in [0.25, 0.3) is 0 Å². The summed E-state index contributed by atoms with van der Waals surface area (Å²) in [6, 6.07) is 4.52. The zero-order chi connectivity index (χ0) is 19.4. The minimum absolute atomic E-state index is 0.0129. The Kier molecular flexibility index (Phi) is 6.05. The first-order chi connectivity index (χ1) is 12.3. The molecule has 0 aliphatic rings. The summed E-state index contributed by atoms with van der Waals surface area (Å²) in [7, 11) is 0. The predicted octanol–water partition coefficient (Wildman–Crippen LogP) is 4.00. The summed E-state index contributed by atoms with van der Waals surface area (Å²) < 4.78 is 5.08. The molecule has 1 aromatic carbocycles. The van der Waals surface area contributed by atoms with Crippen molar-refractivity contribution in [2.24, 2.45) is 5.10 Å². The van der Waals surface area contributed by atoms with Crippen molar-refractivity contribution < 1.29 is 19.4 Å². The van der Waals surface area contributed by atoms with E-state index in [2.05, 4.69) is 15.5 Å². The maximum atomic E-state index is 12.1. The van der Waals surface area contributed by atoms with Gasteiger partial charge in [-0.1, -0.05) is 11.6 Å². The van der Waals surface area contributed by atoms with Gasteiger partial charge in [0.05, 0.1) is 39.8 Å². The molecule has 0 unspecified atom stereocenters. The summed E-state index contributed by atoms with van der Waals surface area (Å²) in [5.41, 5.74) is 6.52. The molecule has 0 radical (unpaired) electrons. The van der Waals surface area contributed by atoms with E-state index in [1.165, 1.54) is 12.1 Å². The van der Waals surface area contributed by atoms with Gasteiger partial charge in [0.1, 0.15) is 0 Å². The average molecular weight is 378 g/mol. The van der Waals surface area contributed by atoms with Crippen LogP contribution in [0.5, 0.6) is 0 Å². The van der Waals surface area contributed by atoms with E-state index in [1.807, 2.05) is 6.92 Å². The number of aromatic carboxylic acids is 1. The number of anilines is 1. The van der Waals surface area contributed by atoms with Gasteiger partial charge in [-0.2, -0.15) is 5.10 Å². The number of carbonyl (C=O) groups excluding carboxylic acids is 1. The van der Waals surface area contributed by atoms with Gasteiger partial charge in [-0.3, -0.25) is 5.43 Å². The predicted molar refractivity (Wildman–Crippen MR) is 100 cm³/mol. The molecule has 0 saturated heterocycles. The van der Waals surface area contributed by atoms with Crippen molar-refractivity contribution in [3.05, 3.63) is 51.3 Å². The fourth-order valence-electron chi connectivity index (χ4n) is 2.58. The number of nitrogens with zero attached hydrogens (tertiary/aromatic N) is 1. The van der Waals surface area contributed by atoms with Gasteiger partial charge in [0.2, 0.25) is 0 Å². The fraction of sp³-hybridized carbons (Fsp3) is 0.278. The van der Waals surface area contributed by atoms with Crippen LogP contribution in [0.2, 0.25) is 5.02 Å². The van der Waals surface area contributed by atoms with Crippen molar-refractivity contribution in [2.45, 2.75) is 27.7 Å². The van der Waals surface area contributed by atoms with Crippen molar-refractivity contribution in [3.63, 3.8) is 0 Å². The molecule has 7 nitrogen and oxygen atoms in total. The molecule has 8 heteroatoms. The number of H-pyrrole nitrogens is 1. The summed E-state index contributed by atoms with van der Waals surface area (Å²) in [5, 5.41) is 13.5. The lowest BCUT2D eigenvalue weighted by atomic mass is 10.1. The van der Waals surface area contributed by atoms with Gasteiger partial charge in [-0.15, -0.1) is 0 Å². The second-order valence-electron chi connectivity index (χ2n) is 5.65. The van der Waals surface area contributed by atoms with E-state index in [0.717, 1.165) is 5.56 Å². The van der Waals surface area contributed by atoms with Crippen LogP contribution in [0, 0.1) is 13.8 Å². The molecular weight excluding hydrogens is 358 g/mol. The van der Waals surface area contributed by atoms with E-state index in [1.54, 1.807) is 26.8 Å². The van der Waals surface area contributed by atoms with Crippen molar-refractivity contribution in [1.29, 1.82) is 0 Å². The van der Waals surface area contributed by atoms with Gasteiger partial charge in [-0.05, 0) is 51.5 Å². The molecule has 0 bridgehead atoms. The number of aromatic amines is 1. The molecule has 0 fully saturated rings. The number of nitrogens with one attached hydrogen (secondary N) is 2. The Morgan fingerprint density at radius 2 is 2.04 bits per heavy atom. The monoisotopic (exact) mass is 377 g/mol. The Morgan fingerprint density at radius 1 is 1.35 bits per heavy atom. The number of aromatic nitrogens is 1. The number of hydrogen-bond donors (Lipinski definition) is 3. The molecule has 0 aliphatic carbocycles. The number of carboxylic acid groups (broad SMARTS) is 1. The molecule has 2 aromatic rings. The smallest absolute Gasteiger partial charge is 0.340 e. The molecule has 2 rings (SSSR count). The quantitative estimate of drug-likeness (QED) is 0.401. The Labute approximate surface area is 156 Å². The number of benzene rings is 1. The zero-order valence-electron chi connectivity index (χ0n) is 14.9. The van der Waals surface area contributed by atoms with Crippen molar-refractivity contribution in [1.82, 2.24) is 4.98 Å². The van der Waals surface area contributed by atoms with Crippen LogP contribution in [0.3, 0.4) is 0 Å². The summed E-state index contributed by atoms with van der Waals surface area (Å²) in [5.74, 6) is -1.50. The lowest BCUT2D eigenvalue weighted by Crippen LogP contribution is -2.07. The number of aryl methyl sites for hydroxylation is 1. The summed E-state index contributed by atoms with van der Waals surface area (Å²) >= 11 is 5.85. The molecule has 0 atom stereocenters. The fourth-order valence-corrected chi connectivity index (χ4v) is 2.78. The molecule has 1 aromatic heterocycles. The standard InChI is InChI=1S/C18H20ClN3O4/c1-5-26-18(25)15-9(2)16(20-10(15)3)11(4)21-22-12-6-7-14(19)13(8-12)17(23)24/h6-8,20,22H,5H2,1-4H3,(H,23,24)/b21-11+. The maximum absolute atomic E-state index is 12.1. The van der Waals surface area contributed by atoms with Crippen LogP contribution >= 0.6 is 11.6 Å². The van der Waals surface area contributed by atoms with E-state index >= 15 is 0 Å². The number of hydrogen-bond acceptors (Lipinski definition) is 5. The molecule has 0 aliphatic heterocycles. The number of ether oxygens (including phenoxy) is 1. The number of halogens is 1. The largest absolute Gasteiger partial charge is 0.478 e. The number of carbonyl (C=O) groups is 2. The molecule has 138 valence electrons. The Morgan fingerprint density at radius 3 is 2.65 bits per heavy atom. The molecule has 0 saturated carbocycles. The lowest BCUT2D eigenvalue weighted by Gasteiger charge is -2.06. The topological polar surface area (TPSA) is 104 Å². The first-order valence-corrected chi connectivity index (χ1v) is 8.33. The van der Waals surface area contributed by atoms with E-state index in [0.29, 0.717) is 35.0 Å². The van der Waals surface area contributed by atoms with Gasteiger partial charge >= 0.3 is 11.9 Å². The second kappa shape index (κ2) is 8.05. The van der Waals surface area contributed by atoms with Crippen LogP contribution < -0.4 is 5.43 Å². The Bertz CT molecular complexity index is 887. The number of carboxylic acids is 1. The number of hydrazone groups is 1. The molecule has 0 spiro atoms. The second-order valence-corrected chi connectivity index (χ2v) is 6.06. The van der Waals surface area contributed by atoms with E-state index in [-0.39, 0.29) is 16.6 Å². The number of rotatable bonds is 6. The molecule has 0 amide bonds. The third-order valence-corrected chi connectivity index (χ3v) is 4.16. The first kappa shape index (κ1) is 19.5. The van der Waals surface area contributed by atoms with Gasteiger partial charge in [0, 0.05) is 5.69 Å². The molecule has 26 heavy (non-hydrogen) atoms. The highest BCUT2D eigenvalue weighted by Crippen LogP contribution is 2.22. The van der Waals surface area contributed by atoms with Crippen LogP contribution in [0.4, 0.5) is 5.69 Å². The van der Waals surface area contributed by atoms with Crippen LogP contribution in [0.15, 0.2) is 23.3 Å². The summed E-state index contributed by atoms with van der Waals surface area (Å²) in [6.45, 7) is 7.44. The third-order valence-electron chi connectivity index (χ3n) is 3.83. The minimum atomic E-state index is -1.12. The lowest BCUT2D eigenvalue weighted by molar-refractivity contribution is 0.0524. The van der Waals surface area contributed by atoms with E-state index in [4.69, 9.17) is 21.4 Å². The van der Waals surface area contributed by atoms with Crippen molar-refractivity contribution in [3.8, 4) is 0 Å². The Balaban J connectivity index is 2.28. The summed E-state index contributed by atoms with van der Waals surface area (Å²) in [6.07, 6.45) is 0. The van der Waals surface area contributed by atoms with Crippen molar-refractivity contribution >= 4 is 34.9 Å². The SMILES string of the molecule is CCOC(=O)c1c(C)[nH]c(/C(C)=N/Nc2ccc(Cl)c(C(=O)O)c2)c1C. The van der Waals surface area contributed by atoms with Crippen LogP contribution in [-0.4, -0.2) is 34.3 Å². The molecule has 3 N–H and O–H groups in total. The normalized spacial score (nSPS) is 11.3. The third kappa shape index (κ3) is 4.05. The molecule has 1 heterocycles. The van der Waals surface area contributed by atoms with E-state index in [9.17, 15) is 9.59 Å². The highest BCUT2D eigenvalue weighted by molar-refractivity contribution is 6.33.